The summed E-state index contributed by atoms with van der Waals surface area (Å²) in [6.07, 6.45) is 4.48. The number of nitrogens with zero attached hydrogens (tertiary/aromatic N) is 3. The molecular formula is C14H24N4O2. The fourth-order valence-electron chi connectivity index (χ4n) is 2.09. The molecule has 0 bridgehead atoms. The monoisotopic (exact) mass is 280 g/mol. The van der Waals surface area contributed by atoms with Crippen LogP contribution in [-0.4, -0.2) is 47.2 Å². The van der Waals surface area contributed by atoms with E-state index in [0.29, 0.717) is 12.6 Å². The van der Waals surface area contributed by atoms with Gasteiger partial charge in [-0.1, -0.05) is 6.92 Å². The molecule has 1 aliphatic carbocycles. The van der Waals surface area contributed by atoms with Crippen LogP contribution in [0.1, 0.15) is 26.2 Å². The van der Waals surface area contributed by atoms with Gasteiger partial charge in [-0.15, -0.1) is 0 Å². The van der Waals surface area contributed by atoms with E-state index in [-0.39, 0.29) is 12.1 Å². The third-order valence-corrected chi connectivity index (χ3v) is 3.46. The molecule has 0 aromatic carbocycles. The van der Waals surface area contributed by atoms with Gasteiger partial charge in [-0.05, 0) is 19.3 Å². The van der Waals surface area contributed by atoms with Crippen molar-refractivity contribution in [2.75, 3.05) is 25.0 Å². The van der Waals surface area contributed by atoms with Crippen molar-refractivity contribution in [3.05, 3.63) is 22.6 Å². The number of rotatable bonds is 8. The third-order valence-electron chi connectivity index (χ3n) is 3.46. The summed E-state index contributed by atoms with van der Waals surface area (Å²) < 4.78 is 1.32. The van der Waals surface area contributed by atoms with Gasteiger partial charge in [0.15, 0.2) is 0 Å². The van der Waals surface area contributed by atoms with E-state index in [0.717, 1.165) is 18.7 Å². The number of aromatic nitrogens is 2. The molecule has 1 aromatic heterocycles. The van der Waals surface area contributed by atoms with E-state index in [2.05, 4.69) is 17.3 Å². The van der Waals surface area contributed by atoms with E-state index in [4.69, 9.17) is 0 Å². The summed E-state index contributed by atoms with van der Waals surface area (Å²) in [6, 6.07) is 2.13. The van der Waals surface area contributed by atoms with Gasteiger partial charge in [0.25, 0.3) is 5.56 Å². The number of hydrogen-bond acceptors (Lipinski definition) is 5. The van der Waals surface area contributed by atoms with Crippen molar-refractivity contribution in [2.24, 2.45) is 0 Å². The van der Waals surface area contributed by atoms with Gasteiger partial charge in [0.2, 0.25) is 0 Å². The minimum atomic E-state index is -0.583. The fourth-order valence-corrected chi connectivity index (χ4v) is 2.09. The van der Waals surface area contributed by atoms with Crippen LogP contribution in [0.25, 0.3) is 0 Å². The van der Waals surface area contributed by atoms with E-state index < -0.39 is 6.10 Å². The first-order valence-corrected chi connectivity index (χ1v) is 7.30. The highest BCUT2D eigenvalue weighted by molar-refractivity contribution is 5.41. The highest BCUT2D eigenvalue weighted by Crippen LogP contribution is 2.18. The summed E-state index contributed by atoms with van der Waals surface area (Å²) in [4.78, 5) is 14.0. The molecule has 0 radical (unpaired) electrons. The summed E-state index contributed by atoms with van der Waals surface area (Å²) in [5, 5.41) is 17.3. The first-order valence-electron chi connectivity index (χ1n) is 7.30. The lowest BCUT2D eigenvalue weighted by Crippen LogP contribution is -2.36. The van der Waals surface area contributed by atoms with Crippen molar-refractivity contribution in [1.82, 2.24) is 15.1 Å². The predicted molar refractivity (Wildman–Crippen MR) is 79.1 cm³/mol. The van der Waals surface area contributed by atoms with Crippen molar-refractivity contribution in [2.45, 2.75) is 44.9 Å². The van der Waals surface area contributed by atoms with E-state index in [1.54, 1.807) is 12.3 Å². The molecule has 112 valence electrons. The maximum Gasteiger partial charge on any atom is 0.268 e. The van der Waals surface area contributed by atoms with Crippen LogP contribution in [-0.2, 0) is 6.54 Å². The zero-order chi connectivity index (χ0) is 14.5. The van der Waals surface area contributed by atoms with Crippen molar-refractivity contribution in [3.63, 3.8) is 0 Å². The van der Waals surface area contributed by atoms with E-state index in [1.807, 2.05) is 11.9 Å². The van der Waals surface area contributed by atoms with Crippen LogP contribution in [0.4, 0.5) is 5.69 Å². The van der Waals surface area contributed by atoms with Crippen LogP contribution < -0.4 is 15.8 Å². The smallest absolute Gasteiger partial charge is 0.268 e. The second-order valence-corrected chi connectivity index (χ2v) is 5.49. The Morgan fingerprint density at radius 2 is 2.35 bits per heavy atom. The second-order valence-electron chi connectivity index (χ2n) is 5.49. The molecule has 1 aliphatic rings. The summed E-state index contributed by atoms with van der Waals surface area (Å²) in [6.45, 7) is 3.72. The van der Waals surface area contributed by atoms with Crippen molar-refractivity contribution in [3.8, 4) is 0 Å². The molecule has 1 aromatic rings. The van der Waals surface area contributed by atoms with Crippen LogP contribution in [0.2, 0.25) is 0 Å². The maximum absolute atomic E-state index is 12.0. The standard InChI is InChI=1S/C14H24N4O2/c1-3-6-17(2)12-7-14(20)18(16-8-12)10-13(19)9-15-11-4-5-11/h7-8,11,13,15,19H,3-6,9-10H2,1-2H3. The summed E-state index contributed by atoms with van der Waals surface area (Å²) in [5.41, 5.74) is 0.648. The number of aliphatic hydroxyl groups excluding tert-OH is 1. The van der Waals surface area contributed by atoms with Crippen LogP contribution >= 0.6 is 0 Å². The predicted octanol–water partition coefficient (Wildman–Crippen LogP) is 0.202. The summed E-state index contributed by atoms with van der Waals surface area (Å²) in [5.74, 6) is 0. The lowest BCUT2D eigenvalue weighted by molar-refractivity contribution is 0.144. The van der Waals surface area contributed by atoms with E-state index >= 15 is 0 Å². The first-order chi connectivity index (χ1) is 9.60. The molecule has 0 aliphatic heterocycles. The normalized spacial score (nSPS) is 16.1. The molecular weight excluding hydrogens is 256 g/mol. The van der Waals surface area contributed by atoms with E-state index in [1.165, 1.54) is 17.5 Å². The summed E-state index contributed by atoms with van der Waals surface area (Å²) in [7, 11) is 1.94. The Bertz CT molecular complexity index is 484. The molecule has 6 heteroatoms. The largest absolute Gasteiger partial charge is 0.390 e. The zero-order valence-corrected chi connectivity index (χ0v) is 12.2. The number of nitrogens with one attached hydrogen (secondary N) is 1. The van der Waals surface area contributed by atoms with E-state index in [9.17, 15) is 9.90 Å². The topological polar surface area (TPSA) is 70.4 Å². The quantitative estimate of drug-likeness (QED) is 0.712. The SMILES string of the molecule is CCCN(C)c1cnn(CC(O)CNC2CC2)c(=O)c1. The van der Waals surface area contributed by atoms with Gasteiger partial charge in [-0.3, -0.25) is 4.79 Å². The Labute approximate surface area is 119 Å². The molecule has 0 saturated heterocycles. The van der Waals surface area contributed by atoms with Crippen LogP contribution in [0.5, 0.6) is 0 Å². The van der Waals surface area contributed by atoms with Crippen LogP contribution in [0.3, 0.4) is 0 Å². The lowest BCUT2D eigenvalue weighted by atomic mass is 10.3. The average Bonchev–Trinajstić information content (AvgIpc) is 3.23. The molecule has 1 heterocycles. The van der Waals surface area contributed by atoms with Crippen molar-refractivity contribution in [1.29, 1.82) is 0 Å². The molecule has 2 N–H and O–H groups in total. The third kappa shape index (κ3) is 4.31. The Morgan fingerprint density at radius 3 is 2.95 bits per heavy atom. The Kier molecular flexibility index (Phi) is 5.14. The Balaban J connectivity index is 1.92. The van der Waals surface area contributed by atoms with Gasteiger partial charge in [0, 0.05) is 32.2 Å². The van der Waals surface area contributed by atoms with Crippen LogP contribution in [0, 0.1) is 0 Å². The minimum Gasteiger partial charge on any atom is -0.390 e. The second kappa shape index (κ2) is 6.85. The van der Waals surface area contributed by atoms with Crippen LogP contribution in [0.15, 0.2) is 17.1 Å². The first kappa shape index (κ1) is 15.0. The highest BCUT2D eigenvalue weighted by Gasteiger charge is 2.21. The molecule has 1 atom stereocenters. The molecule has 6 nitrogen and oxygen atoms in total. The lowest BCUT2D eigenvalue weighted by Gasteiger charge is -2.18. The summed E-state index contributed by atoms with van der Waals surface area (Å²) >= 11 is 0. The number of aliphatic hydroxyl groups is 1. The Hall–Kier alpha value is -1.40. The van der Waals surface area contributed by atoms with Gasteiger partial charge < -0.3 is 15.3 Å². The van der Waals surface area contributed by atoms with Gasteiger partial charge in [-0.2, -0.15) is 5.10 Å². The molecule has 20 heavy (non-hydrogen) atoms. The number of anilines is 1. The molecule has 1 saturated carbocycles. The Morgan fingerprint density at radius 1 is 1.60 bits per heavy atom. The van der Waals surface area contributed by atoms with Crippen molar-refractivity contribution < 1.29 is 5.11 Å². The zero-order valence-electron chi connectivity index (χ0n) is 12.2. The molecule has 1 unspecified atom stereocenters. The molecule has 0 spiro atoms. The van der Waals surface area contributed by atoms with Crippen molar-refractivity contribution >= 4 is 5.69 Å². The molecule has 0 amide bonds. The average molecular weight is 280 g/mol. The molecule has 2 rings (SSSR count). The highest BCUT2D eigenvalue weighted by atomic mass is 16.3. The van der Waals surface area contributed by atoms with Gasteiger partial charge in [0.1, 0.15) is 0 Å². The molecule has 1 fully saturated rings. The number of hydrogen-bond donors (Lipinski definition) is 2. The minimum absolute atomic E-state index is 0.170. The van der Waals surface area contributed by atoms with Gasteiger partial charge in [-0.25, -0.2) is 4.68 Å². The van der Waals surface area contributed by atoms with Gasteiger partial charge >= 0.3 is 0 Å². The maximum atomic E-state index is 12.0. The fraction of sp³-hybridized carbons (Fsp3) is 0.714. The van der Waals surface area contributed by atoms with Gasteiger partial charge in [0.05, 0.1) is 24.5 Å².